The number of hydrogen-bond donors (Lipinski definition) is 1. The number of benzene rings is 1. The van der Waals surface area contributed by atoms with Crippen LogP contribution in [0.25, 0.3) is 0 Å². The van der Waals surface area contributed by atoms with Gasteiger partial charge in [0, 0.05) is 24.0 Å². The van der Waals surface area contributed by atoms with E-state index in [0.717, 1.165) is 11.4 Å². The molecule has 0 saturated carbocycles. The Hall–Kier alpha value is -2.37. The Morgan fingerprint density at radius 3 is 2.88 bits per heavy atom. The summed E-state index contributed by atoms with van der Waals surface area (Å²) in [5.41, 5.74) is 6.66. The second kappa shape index (κ2) is 4.25. The second-order valence-electron chi connectivity index (χ2n) is 3.71. The predicted molar refractivity (Wildman–Crippen MR) is 63.6 cm³/mol. The smallest absolute Gasteiger partial charge is 0.292 e. The van der Waals surface area contributed by atoms with Crippen LogP contribution in [0.3, 0.4) is 0 Å². The van der Waals surface area contributed by atoms with Gasteiger partial charge in [-0.3, -0.25) is 10.1 Å². The molecular formula is C11H12N4O2. The van der Waals surface area contributed by atoms with Crippen LogP contribution in [0, 0.1) is 17.0 Å². The van der Waals surface area contributed by atoms with E-state index in [2.05, 4.69) is 4.98 Å². The Bertz CT molecular complexity index is 562. The number of nitrogens with zero attached hydrogens (tertiary/aromatic N) is 3. The zero-order valence-electron chi connectivity index (χ0n) is 9.33. The summed E-state index contributed by atoms with van der Waals surface area (Å²) in [4.78, 5) is 14.4. The molecule has 2 rings (SSSR count). The minimum atomic E-state index is -0.473. The molecule has 0 radical (unpaired) electrons. The van der Waals surface area contributed by atoms with E-state index in [9.17, 15) is 10.1 Å². The van der Waals surface area contributed by atoms with Gasteiger partial charge in [-0.2, -0.15) is 0 Å². The third kappa shape index (κ3) is 2.10. The molecule has 0 aliphatic heterocycles. The standard InChI is InChI=1S/C11H12N4O2/c1-8-13-5-6-14(8)7-9-3-2-4-10(11(9)12)15(16)17/h2-6H,7,12H2,1H3. The lowest BCUT2D eigenvalue weighted by Gasteiger charge is -2.08. The molecule has 0 amide bonds. The van der Waals surface area contributed by atoms with Crippen molar-refractivity contribution in [2.45, 2.75) is 13.5 Å². The van der Waals surface area contributed by atoms with Gasteiger partial charge in [0.25, 0.3) is 5.69 Å². The van der Waals surface area contributed by atoms with E-state index in [4.69, 9.17) is 5.73 Å². The molecule has 0 aliphatic carbocycles. The summed E-state index contributed by atoms with van der Waals surface area (Å²) in [6.07, 6.45) is 3.50. The average molecular weight is 232 g/mol. The van der Waals surface area contributed by atoms with Gasteiger partial charge >= 0.3 is 0 Å². The Morgan fingerprint density at radius 2 is 2.29 bits per heavy atom. The van der Waals surface area contributed by atoms with Gasteiger partial charge in [-0.25, -0.2) is 4.98 Å². The highest BCUT2D eigenvalue weighted by Crippen LogP contribution is 2.25. The Morgan fingerprint density at radius 1 is 1.53 bits per heavy atom. The van der Waals surface area contributed by atoms with Crippen LogP contribution in [0.4, 0.5) is 11.4 Å². The molecule has 0 aliphatic rings. The summed E-state index contributed by atoms with van der Waals surface area (Å²) in [5.74, 6) is 0.843. The van der Waals surface area contributed by atoms with Crippen LogP contribution < -0.4 is 5.73 Å². The lowest BCUT2D eigenvalue weighted by atomic mass is 10.1. The minimum absolute atomic E-state index is 0.0553. The fourth-order valence-corrected chi connectivity index (χ4v) is 1.65. The maximum atomic E-state index is 10.7. The number of aromatic nitrogens is 2. The van der Waals surface area contributed by atoms with Gasteiger partial charge in [-0.05, 0) is 6.92 Å². The quantitative estimate of drug-likeness (QED) is 0.496. The van der Waals surface area contributed by atoms with Crippen molar-refractivity contribution in [3.05, 3.63) is 52.1 Å². The molecule has 0 fully saturated rings. The number of nitro benzene ring substituents is 1. The zero-order chi connectivity index (χ0) is 12.4. The van der Waals surface area contributed by atoms with E-state index >= 15 is 0 Å². The first kappa shape index (κ1) is 11.1. The summed E-state index contributed by atoms with van der Waals surface area (Å²) in [7, 11) is 0. The molecule has 0 unspecified atom stereocenters. The van der Waals surface area contributed by atoms with Crippen LogP contribution in [0.15, 0.2) is 30.6 Å². The van der Waals surface area contributed by atoms with Gasteiger partial charge in [0.15, 0.2) is 0 Å². The maximum absolute atomic E-state index is 10.7. The molecule has 1 aromatic heterocycles. The zero-order valence-corrected chi connectivity index (χ0v) is 9.33. The van der Waals surface area contributed by atoms with Crippen LogP contribution in [0.1, 0.15) is 11.4 Å². The molecule has 0 bridgehead atoms. The topological polar surface area (TPSA) is 87.0 Å². The molecule has 2 aromatic rings. The van der Waals surface area contributed by atoms with Gasteiger partial charge in [0.1, 0.15) is 11.5 Å². The van der Waals surface area contributed by atoms with E-state index in [-0.39, 0.29) is 11.4 Å². The summed E-state index contributed by atoms with van der Waals surface area (Å²) in [6.45, 7) is 2.35. The van der Waals surface area contributed by atoms with Crippen molar-refractivity contribution in [1.29, 1.82) is 0 Å². The van der Waals surface area contributed by atoms with Crippen LogP contribution in [-0.4, -0.2) is 14.5 Å². The highest BCUT2D eigenvalue weighted by molar-refractivity contribution is 5.63. The van der Waals surface area contributed by atoms with Crippen molar-refractivity contribution in [2.75, 3.05) is 5.73 Å². The number of para-hydroxylation sites is 1. The summed E-state index contributed by atoms with van der Waals surface area (Å²) >= 11 is 0. The number of rotatable bonds is 3. The van der Waals surface area contributed by atoms with Crippen LogP contribution in [0.2, 0.25) is 0 Å². The lowest BCUT2D eigenvalue weighted by molar-refractivity contribution is -0.383. The molecule has 1 aromatic carbocycles. The third-order valence-electron chi connectivity index (χ3n) is 2.63. The number of imidazole rings is 1. The number of aryl methyl sites for hydroxylation is 1. The average Bonchev–Trinajstić information content (AvgIpc) is 2.67. The monoisotopic (exact) mass is 232 g/mol. The number of nitrogens with two attached hydrogens (primary N) is 1. The van der Waals surface area contributed by atoms with E-state index < -0.39 is 4.92 Å². The molecule has 1 heterocycles. The first-order valence-electron chi connectivity index (χ1n) is 5.09. The van der Waals surface area contributed by atoms with Crippen molar-refractivity contribution in [2.24, 2.45) is 0 Å². The molecule has 17 heavy (non-hydrogen) atoms. The van der Waals surface area contributed by atoms with Gasteiger partial charge < -0.3 is 10.3 Å². The van der Waals surface area contributed by atoms with E-state index in [1.807, 2.05) is 17.7 Å². The maximum Gasteiger partial charge on any atom is 0.292 e. The number of hydrogen-bond acceptors (Lipinski definition) is 4. The lowest BCUT2D eigenvalue weighted by Crippen LogP contribution is -2.05. The van der Waals surface area contributed by atoms with Crippen molar-refractivity contribution in [3.8, 4) is 0 Å². The van der Waals surface area contributed by atoms with Crippen LogP contribution >= 0.6 is 0 Å². The molecule has 0 spiro atoms. The highest BCUT2D eigenvalue weighted by atomic mass is 16.6. The van der Waals surface area contributed by atoms with Crippen molar-refractivity contribution >= 4 is 11.4 Å². The van der Waals surface area contributed by atoms with Crippen LogP contribution in [0.5, 0.6) is 0 Å². The molecule has 0 atom stereocenters. The van der Waals surface area contributed by atoms with E-state index in [0.29, 0.717) is 6.54 Å². The highest BCUT2D eigenvalue weighted by Gasteiger charge is 2.14. The fraction of sp³-hybridized carbons (Fsp3) is 0.182. The number of nitrogen functional groups attached to an aromatic ring is 1. The van der Waals surface area contributed by atoms with Gasteiger partial charge in [-0.1, -0.05) is 12.1 Å². The van der Waals surface area contributed by atoms with Gasteiger partial charge in [0.2, 0.25) is 0 Å². The second-order valence-corrected chi connectivity index (χ2v) is 3.71. The molecule has 6 heteroatoms. The SMILES string of the molecule is Cc1nccn1Cc1cccc([N+](=O)[O-])c1N. The number of anilines is 1. The number of nitro groups is 1. The molecule has 0 saturated heterocycles. The largest absolute Gasteiger partial charge is 0.393 e. The molecule has 6 nitrogen and oxygen atoms in total. The van der Waals surface area contributed by atoms with Crippen LogP contribution in [-0.2, 0) is 6.54 Å². The summed E-state index contributed by atoms with van der Waals surface area (Å²) in [5, 5.41) is 10.7. The van der Waals surface area contributed by atoms with E-state index in [1.54, 1.807) is 18.3 Å². The Kier molecular flexibility index (Phi) is 2.78. The van der Waals surface area contributed by atoms with Crippen molar-refractivity contribution < 1.29 is 4.92 Å². The molecule has 2 N–H and O–H groups in total. The van der Waals surface area contributed by atoms with Crippen molar-refractivity contribution in [1.82, 2.24) is 9.55 Å². The summed E-state index contributed by atoms with van der Waals surface area (Å²) in [6, 6.07) is 4.82. The summed E-state index contributed by atoms with van der Waals surface area (Å²) < 4.78 is 1.88. The Labute approximate surface area is 97.9 Å². The fourth-order valence-electron chi connectivity index (χ4n) is 1.65. The molecular weight excluding hydrogens is 220 g/mol. The van der Waals surface area contributed by atoms with E-state index in [1.165, 1.54) is 6.07 Å². The first-order valence-corrected chi connectivity index (χ1v) is 5.09. The Balaban J connectivity index is 2.37. The molecule has 88 valence electrons. The van der Waals surface area contributed by atoms with Crippen molar-refractivity contribution in [3.63, 3.8) is 0 Å². The third-order valence-corrected chi connectivity index (χ3v) is 2.63. The predicted octanol–water partition coefficient (Wildman–Crippen LogP) is 1.73. The van der Waals surface area contributed by atoms with Gasteiger partial charge in [0.05, 0.1) is 11.5 Å². The normalized spacial score (nSPS) is 10.4. The minimum Gasteiger partial charge on any atom is -0.393 e. The van der Waals surface area contributed by atoms with Gasteiger partial charge in [-0.15, -0.1) is 0 Å². The first-order chi connectivity index (χ1) is 8.09.